The molecule has 3 N–H and O–H groups in total. The van der Waals surface area contributed by atoms with Crippen molar-refractivity contribution in [1.82, 2.24) is 9.36 Å². The van der Waals surface area contributed by atoms with E-state index in [-0.39, 0.29) is 6.54 Å². The molecule has 1 aliphatic carbocycles. The van der Waals surface area contributed by atoms with E-state index in [0.717, 1.165) is 12.0 Å². The van der Waals surface area contributed by atoms with Crippen molar-refractivity contribution in [1.29, 1.82) is 0 Å². The monoisotopic (exact) mass is 324 g/mol. The fourth-order valence-electron chi connectivity index (χ4n) is 2.37. The summed E-state index contributed by atoms with van der Waals surface area (Å²) < 4.78 is 26.8. The van der Waals surface area contributed by atoms with Gasteiger partial charge in [-0.2, -0.15) is 9.36 Å². The number of benzene rings is 1. The van der Waals surface area contributed by atoms with Crippen LogP contribution in [0, 0.1) is 0 Å². The Hall–Kier alpha value is -1.51. The zero-order valence-electron chi connectivity index (χ0n) is 11.3. The van der Waals surface area contributed by atoms with E-state index in [1.165, 1.54) is 11.5 Å². The number of rotatable bonds is 5. The Labute approximate surface area is 127 Å². The molecule has 6 nitrogen and oxygen atoms in total. The Bertz CT molecular complexity index is 724. The smallest absolute Gasteiger partial charge is 0.216 e. The molecule has 0 radical (unpaired) electrons. The molecule has 0 bridgehead atoms. The molecule has 0 saturated heterocycles. The maximum Gasteiger partial charge on any atom is 0.216 e. The van der Waals surface area contributed by atoms with Gasteiger partial charge in [0.05, 0.1) is 0 Å². The van der Waals surface area contributed by atoms with Crippen LogP contribution < -0.4 is 10.5 Å². The quantitative estimate of drug-likeness (QED) is 0.874. The van der Waals surface area contributed by atoms with Crippen molar-refractivity contribution in [2.45, 2.75) is 24.0 Å². The summed E-state index contributed by atoms with van der Waals surface area (Å²) in [5, 5.41) is 9.02. The van der Waals surface area contributed by atoms with Crippen LogP contribution >= 0.6 is 11.5 Å². The van der Waals surface area contributed by atoms with Gasteiger partial charge in [0.1, 0.15) is 4.75 Å². The van der Waals surface area contributed by atoms with Crippen LogP contribution in [0.15, 0.2) is 30.3 Å². The third kappa shape index (κ3) is 2.78. The molecule has 1 saturated carbocycles. The molecular weight excluding hydrogens is 308 g/mol. The molecule has 112 valence electrons. The first-order valence-corrected chi connectivity index (χ1v) is 8.98. The first kappa shape index (κ1) is 14.4. The lowest BCUT2D eigenvalue weighted by atomic mass is 9.84. The van der Waals surface area contributed by atoms with Crippen LogP contribution in [0.3, 0.4) is 0 Å². The number of nitrogens with two attached hydrogens (primary N) is 1. The average molecular weight is 324 g/mol. The molecule has 1 aromatic heterocycles. The fraction of sp³-hybridized carbons (Fsp3) is 0.385. The summed E-state index contributed by atoms with van der Waals surface area (Å²) in [6.45, 7) is 0.287. The lowest BCUT2D eigenvalue weighted by Crippen LogP contribution is -2.53. The highest BCUT2D eigenvalue weighted by atomic mass is 32.2. The lowest BCUT2D eigenvalue weighted by molar-refractivity contribution is 0.351. The van der Waals surface area contributed by atoms with E-state index >= 15 is 0 Å². The predicted octanol–water partition coefficient (Wildman–Crippen LogP) is 1.83. The summed E-state index contributed by atoms with van der Waals surface area (Å²) >= 11 is 1.22. The Morgan fingerprint density at radius 3 is 2.57 bits per heavy atom. The van der Waals surface area contributed by atoms with Gasteiger partial charge >= 0.3 is 0 Å². The van der Waals surface area contributed by atoms with Gasteiger partial charge in [0, 0.05) is 23.6 Å². The molecule has 1 aromatic carbocycles. The summed E-state index contributed by atoms with van der Waals surface area (Å²) in [7, 11) is -3.55. The standard InChI is InChI=1S/C13H16N4O2S2/c14-21(18,19)13(7-4-8-13)9-15-12-16-11(17-20-12)10-5-2-1-3-6-10/h1-3,5-6H,4,7-9H2,(H2,14,18,19)(H,15,16,17). The Balaban J connectivity index is 1.71. The molecule has 0 spiro atoms. The molecule has 1 fully saturated rings. The second-order valence-corrected chi connectivity index (χ2v) is 7.93. The van der Waals surface area contributed by atoms with Crippen LogP contribution in [0.2, 0.25) is 0 Å². The maximum atomic E-state index is 11.7. The molecule has 0 atom stereocenters. The third-order valence-electron chi connectivity index (χ3n) is 3.89. The van der Waals surface area contributed by atoms with Crippen LogP contribution in [0.5, 0.6) is 0 Å². The van der Waals surface area contributed by atoms with Gasteiger partial charge in [0.25, 0.3) is 0 Å². The van der Waals surface area contributed by atoms with Crippen molar-refractivity contribution in [2.75, 3.05) is 11.9 Å². The topological polar surface area (TPSA) is 98.0 Å². The molecule has 2 aromatic rings. The maximum absolute atomic E-state index is 11.7. The number of anilines is 1. The average Bonchev–Trinajstić information content (AvgIpc) is 2.86. The number of aromatic nitrogens is 2. The summed E-state index contributed by atoms with van der Waals surface area (Å²) in [6, 6.07) is 9.65. The summed E-state index contributed by atoms with van der Waals surface area (Å²) in [5.41, 5.74) is 0.937. The zero-order valence-corrected chi connectivity index (χ0v) is 13.0. The Kier molecular flexibility index (Phi) is 3.68. The van der Waals surface area contributed by atoms with Crippen molar-refractivity contribution < 1.29 is 8.42 Å². The van der Waals surface area contributed by atoms with Crippen LogP contribution in [0.1, 0.15) is 19.3 Å². The zero-order chi connectivity index (χ0) is 14.9. The normalized spacial score (nSPS) is 17.2. The second kappa shape index (κ2) is 5.36. The van der Waals surface area contributed by atoms with Crippen molar-refractivity contribution in [3.63, 3.8) is 0 Å². The van der Waals surface area contributed by atoms with Gasteiger partial charge in [-0.15, -0.1) is 0 Å². The van der Waals surface area contributed by atoms with Gasteiger partial charge in [-0.3, -0.25) is 0 Å². The van der Waals surface area contributed by atoms with E-state index in [1.54, 1.807) is 0 Å². The molecule has 0 unspecified atom stereocenters. The van der Waals surface area contributed by atoms with Gasteiger partial charge in [-0.25, -0.2) is 13.6 Å². The number of nitrogens with one attached hydrogen (secondary N) is 1. The summed E-state index contributed by atoms with van der Waals surface area (Å²) in [6.07, 6.45) is 2.09. The summed E-state index contributed by atoms with van der Waals surface area (Å²) in [5.74, 6) is 0.640. The second-order valence-electron chi connectivity index (χ2n) is 5.22. The first-order chi connectivity index (χ1) is 10.0. The molecule has 0 amide bonds. The van der Waals surface area contributed by atoms with Crippen molar-refractivity contribution in [2.24, 2.45) is 5.14 Å². The van der Waals surface area contributed by atoms with Crippen LogP contribution in [0.25, 0.3) is 11.4 Å². The van der Waals surface area contributed by atoms with E-state index in [9.17, 15) is 8.42 Å². The molecule has 21 heavy (non-hydrogen) atoms. The van der Waals surface area contributed by atoms with E-state index in [4.69, 9.17) is 5.14 Å². The van der Waals surface area contributed by atoms with E-state index in [0.29, 0.717) is 23.8 Å². The molecule has 8 heteroatoms. The largest absolute Gasteiger partial charge is 0.359 e. The minimum absolute atomic E-state index is 0.287. The first-order valence-electron chi connectivity index (χ1n) is 6.66. The molecule has 1 heterocycles. The van der Waals surface area contributed by atoms with Gasteiger partial charge < -0.3 is 5.32 Å². The lowest BCUT2D eigenvalue weighted by Gasteiger charge is -2.39. The van der Waals surface area contributed by atoms with Crippen LogP contribution in [-0.4, -0.2) is 29.1 Å². The highest BCUT2D eigenvalue weighted by Gasteiger charge is 2.47. The van der Waals surface area contributed by atoms with Gasteiger partial charge in [0.15, 0.2) is 5.82 Å². The van der Waals surface area contributed by atoms with Gasteiger partial charge in [-0.1, -0.05) is 36.8 Å². The van der Waals surface area contributed by atoms with Gasteiger partial charge in [0.2, 0.25) is 15.2 Å². The van der Waals surface area contributed by atoms with E-state index in [1.807, 2.05) is 30.3 Å². The third-order valence-corrected chi connectivity index (χ3v) is 6.32. The Morgan fingerprint density at radius 2 is 2.00 bits per heavy atom. The van der Waals surface area contributed by atoms with Crippen molar-refractivity contribution >= 4 is 26.7 Å². The van der Waals surface area contributed by atoms with Gasteiger partial charge in [-0.05, 0) is 12.8 Å². The Morgan fingerprint density at radius 1 is 1.29 bits per heavy atom. The van der Waals surface area contributed by atoms with Crippen molar-refractivity contribution in [3.05, 3.63) is 30.3 Å². The summed E-state index contributed by atoms with van der Waals surface area (Å²) in [4.78, 5) is 4.38. The molecule has 1 aliphatic rings. The highest BCUT2D eigenvalue weighted by molar-refractivity contribution is 7.90. The number of hydrogen-bond acceptors (Lipinski definition) is 6. The number of primary sulfonamides is 1. The number of nitrogens with zero attached hydrogens (tertiary/aromatic N) is 2. The molecular formula is C13H16N4O2S2. The van der Waals surface area contributed by atoms with E-state index in [2.05, 4.69) is 14.7 Å². The SMILES string of the molecule is NS(=O)(=O)C1(CNc2nc(-c3ccccc3)ns2)CCC1. The fourth-order valence-corrected chi connectivity index (χ4v) is 4.08. The number of sulfonamides is 1. The minimum atomic E-state index is -3.55. The predicted molar refractivity (Wildman–Crippen MR) is 83.5 cm³/mol. The molecule has 3 rings (SSSR count). The minimum Gasteiger partial charge on any atom is -0.359 e. The van der Waals surface area contributed by atoms with E-state index < -0.39 is 14.8 Å². The van der Waals surface area contributed by atoms with Crippen LogP contribution in [-0.2, 0) is 10.0 Å². The highest BCUT2D eigenvalue weighted by Crippen LogP contribution is 2.38. The molecule has 0 aliphatic heterocycles. The number of hydrogen-bond donors (Lipinski definition) is 2. The van der Waals surface area contributed by atoms with Crippen molar-refractivity contribution in [3.8, 4) is 11.4 Å². The van der Waals surface area contributed by atoms with Crippen LogP contribution in [0.4, 0.5) is 5.13 Å².